The lowest BCUT2D eigenvalue weighted by molar-refractivity contribution is -0.114. The van der Waals surface area contributed by atoms with E-state index in [1.807, 2.05) is 19.1 Å². The Kier molecular flexibility index (Phi) is 3.59. The maximum atomic E-state index is 12.7. The molecule has 0 fully saturated rings. The highest BCUT2D eigenvalue weighted by atomic mass is 32.2. The molecule has 0 atom stereocenters. The van der Waals surface area contributed by atoms with Crippen molar-refractivity contribution in [3.05, 3.63) is 41.0 Å². The van der Waals surface area contributed by atoms with Crippen LogP contribution in [0.1, 0.15) is 11.1 Å². The number of amidine groups is 2. The first-order chi connectivity index (χ1) is 10.8. The predicted octanol–water partition coefficient (Wildman–Crippen LogP) is 3.18. The molecule has 0 bridgehead atoms. The second-order valence-corrected chi connectivity index (χ2v) is 5.79. The molecule has 5 nitrogen and oxygen atoms in total. The van der Waals surface area contributed by atoms with Crippen LogP contribution in [0.25, 0.3) is 6.08 Å². The fraction of sp³-hybridized carbons (Fsp3) is 0.143. The standard InChI is InChI=1S/C14H9F3N4OS/c1-7-2-4-8(5-3-7)6-9-10(18)21-13(19-11(9)22)23-12(20-21)14(15,16)17/h2-6,18H,1H3/b9-6+,18-10?. The first kappa shape index (κ1) is 15.5. The lowest BCUT2D eigenvalue weighted by Crippen LogP contribution is -2.35. The molecule has 0 radical (unpaired) electrons. The summed E-state index contributed by atoms with van der Waals surface area (Å²) in [5.74, 6) is -1.18. The van der Waals surface area contributed by atoms with Gasteiger partial charge in [0.25, 0.3) is 5.91 Å². The molecule has 1 aromatic carbocycles. The van der Waals surface area contributed by atoms with E-state index in [9.17, 15) is 18.0 Å². The molecule has 3 rings (SSSR count). The van der Waals surface area contributed by atoms with Crippen molar-refractivity contribution in [2.24, 2.45) is 10.1 Å². The lowest BCUT2D eigenvalue weighted by Gasteiger charge is -2.20. The summed E-state index contributed by atoms with van der Waals surface area (Å²) >= 11 is 0.231. The Hall–Kier alpha value is -2.42. The summed E-state index contributed by atoms with van der Waals surface area (Å²) in [6.45, 7) is 1.90. The molecule has 118 valence electrons. The summed E-state index contributed by atoms with van der Waals surface area (Å²) in [5, 5.41) is 10.6. The van der Waals surface area contributed by atoms with Crippen molar-refractivity contribution < 1.29 is 18.0 Å². The Morgan fingerprint density at radius 3 is 2.52 bits per heavy atom. The van der Waals surface area contributed by atoms with Crippen molar-refractivity contribution in [2.45, 2.75) is 13.1 Å². The molecule has 0 spiro atoms. The zero-order valence-corrected chi connectivity index (χ0v) is 12.5. The molecule has 0 unspecified atom stereocenters. The van der Waals surface area contributed by atoms with E-state index >= 15 is 0 Å². The molecule has 23 heavy (non-hydrogen) atoms. The van der Waals surface area contributed by atoms with Crippen LogP contribution in [0.4, 0.5) is 13.2 Å². The molecule has 1 N–H and O–H groups in total. The number of hydrogen-bond donors (Lipinski definition) is 1. The number of alkyl halides is 3. The molecule has 0 aliphatic carbocycles. The minimum Gasteiger partial charge on any atom is -0.282 e. The average molecular weight is 338 g/mol. The van der Waals surface area contributed by atoms with Gasteiger partial charge in [-0.2, -0.15) is 28.3 Å². The van der Waals surface area contributed by atoms with Crippen molar-refractivity contribution in [3.8, 4) is 0 Å². The Bertz CT molecular complexity index is 793. The molecule has 0 saturated heterocycles. The van der Waals surface area contributed by atoms with Gasteiger partial charge in [-0.1, -0.05) is 29.8 Å². The van der Waals surface area contributed by atoms with E-state index in [1.54, 1.807) is 12.1 Å². The first-order valence-electron chi connectivity index (χ1n) is 6.40. The number of fused-ring (bicyclic) bond motifs is 1. The second kappa shape index (κ2) is 5.34. The van der Waals surface area contributed by atoms with Crippen LogP contribution in [0, 0.1) is 12.3 Å². The van der Waals surface area contributed by atoms with E-state index in [2.05, 4.69) is 10.1 Å². The maximum absolute atomic E-state index is 12.7. The Labute approximate surface area is 133 Å². The van der Waals surface area contributed by atoms with Crippen molar-refractivity contribution in [2.75, 3.05) is 0 Å². The number of carbonyl (C=O) groups excluding carboxylic acids is 1. The third kappa shape index (κ3) is 2.91. The Balaban J connectivity index is 1.97. The smallest absolute Gasteiger partial charge is 0.282 e. The average Bonchev–Trinajstić information content (AvgIpc) is 2.89. The molecular weight excluding hydrogens is 329 g/mol. The monoisotopic (exact) mass is 338 g/mol. The number of thioether (sulfide) groups is 1. The zero-order valence-electron chi connectivity index (χ0n) is 11.7. The third-order valence-electron chi connectivity index (χ3n) is 3.09. The highest BCUT2D eigenvalue weighted by molar-refractivity contribution is 8.27. The molecule has 0 aromatic heterocycles. The van der Waals surface area contributed by atoms with Gasteiger partial charge in [0.1, 0.15) is 0 Å². The normalized spacial score (nSPS) is 19.8. The number of rotatable bonds is 1. The van der Waals surface area contributed by atoms with Gasteiger partial charge in [0.05, 0.1) is 5.57 Å². The van der Waals surface area contributed by atoms with Gasteiger partial charge >= 0.3 is 6.18 Å². The number of nitrogens with one attached hydrogen (secondary N) is 1. The molecular formula is C14H9F3N4OS. The van der Waals surface area contributed by atoms with E-state index in [0.29, 0.717) is 5.56 Å². The van der Waals surface area contributed by atoms with Gasteiger partial charge in [-0.3, -0.25) is 10.2 Å². The number of benzene rings is 1. The molecule has 9 heteroatoms. The van der Waals surface area contributed by atoms with Gasteiger partial charge in [0.15, 0.2) is 5.84 Å². The third-order valence-corrected chi connectivity index (χ3v) is 4.04. The number of hydrogen-bond acceptors (Lipinski definition) is 4. The fourth-order valence-corrected chi connectivity index (χ4v) is 2.69. The van der Waals surface area contributed by atoms with Crippen LogP contribution in [0.5, 0.6) is 0 Å². The minimum atomic E-state index is -4.64. The van der Waals surface area contributed by atoms with E-state index in [4.69, 9.17) is 5.41 Å². The molecule has 2 heterocycles. The van der Waals surface area contributed by atoms with Crippen LogP contribution >= 0.6 is 11.8 Å². The summed E-state index contributed by atoms with van der Waals surface area (Å²) in [7, 11) is 0. The topological polar surface area (TPSA) is 68.9 Å². The van der Waals surface area contributed by atoms with Crippen LogP contribution in [0.3, 0.4) is 0 Å². The van der Waals surface area contributed by atoms with Crippen LogP contribution in [0.15, 0.2) is 39.9 Å². The molecule has 2 aliphatic rings. The number of aryl methyl sites for hydroxylation is 1. The summed E-state index contributed by atoms with van der Waals surface area (Å²) in [4.78, 5) is 15.6. The highest BCUT2D eigenvalue weighted by Crippen LogP contribution is 2.35. The number of hydrazone groups is 1. The van der Waals surface area contributed by atoms with Gasteiger partial charge < -0.3 is 0 Å². The number of nitrogens with zero attached hydrogens (tertiary/aromatic N) is 3. The zero-order chi connectivity index (χ0) is 16.8. The number of amides is 1. The molecule has 2 aliphatic heterocycles. The molecule has 1 amide bonds. The minimum absolute atomic E-state index is 0.106. The lowest BCUT2D eigenvalue weighted by atomic mass is 10.1. The quantitative estimate of drug-likeness (QED) is 0.800. The van der Waals surface area contributed by atoms with Crippen molar-refractivity contribution in [1.29, 1.82) is 5.41 Å². The number of halogens is 3. The van der Waals surface area contributed by atoms with Gasteiger partial charge in [-0.25, -0.2) is 0 Å². The number of carbonyl (C=O) groups is 1. The summed E-state index contributed by atoms with van der Waals surface area (Å²) in [6, 6.07) is 7.13. The van der Waals surface area contributed by atoms with Gasteiger partial charge in [-0.05, 0) is 30.3 Å². The summed E-state index contributed by atoms with van der Waals surface area (Å²) < 4.78 is 38.1. The van der Waals surface area contributed by atoms with Gasteiger partial charge in [0.2, 0.25) is 10.2 Å². The van der Waals surface area contributed by atoms with Crippen LogP contribution in [0.2, 0.25) is 0 Å². The van der Waals surface area contributed by atoms with Crippen LogP contribution < -0.4 is 0 Å². The maximum Gasteiger partial charge on any atom is 0.441 e. The molecule has 0 saturated carbocycles. The largest absolute Gasteiger partial charge is 0.441 e. The van der Waals surface area contributed by atoms with Crippen molar-refractivity contribution in [3.63, 3.8) is 0 Å². The predicted molar refractivity (Wildman–Crippen MR) is 82.2 cm³/mol. The van der Waals surface area contributed by atoms with Crippen LogP contribution in [-0.2, 0) is 4.79 Å². The van der Waals surface area contributed by atoms with E-state index in [1.165, 1.54) is 6.08 Å². The Morgan fingerprint density at radius 2 is 1.91 bits per heavy atom. The number of aliphatic imine (C=N–C) groups is 1. The SMILES string of the molecule is Cc1ccc(/C=C2\C(=N)N3N=C(C(F)(F)F)SC3=NC2=O)cc1. The highest BCUT2D eigenvalue weighted by Gasteiger charge is 2.46. The van der Waals surface area contributed by atoms with Crippen molar-refractivity contribution >= 4 is 39.8 Å². The summed E-state index contributed by atoms with van der Waals surface area (Å²) in [6.07, 6.45) is -3.23. The van der Waals surface area contributed by atoms with E-state index in [-0.39, 0.29) is 22.5 Å². The Morgan fingerprint density at radius 1 is 1.26 bits per heavy atom. The van der Waals surface area contributed by atoms with Crippen LogP contribution in [-0.4, -0.2) is 33.1 Å². The van der Waals surface area contributed by atoms with E-state index < -0.39 is 23.0 Å². The van der Waals surface area contributed by atoms with Crippen molar-refractivity contribution in [1.82, 2.24) is 5.01 Å². The molecule has 1 aromatic rings. The van der Waals surface area contributed by atoms with E-state index in [0.717, 1.165) is 10.6 Å². The van der Waals surface area contributed by atoms with Gasteiger partial charge in [0, 0.05) is 0 Å². The first-order valence-corrected chi connectivity index (χ1v) is 7.21. The second-order valence-electron chi connectivity index (χ2n) is 4.83. The summed E-state index contributed by atoms with van der Waals surface area (Å²) in [5.41, 5.74) is 1.56. The van der Waals surface area contributed by atoms with Gasteiger partial charge in [-0.15, -0.1) is 0 Å². The fourth-order valence-electron chi connectivity index (χ4n) is 1.94.